The van der Waals surface area contributed by atoms with Gasteiger partial charge >= 0.3 is 5.56 Å². The van der Waals surface area contributed by atoms with Crippen LogP contribution in [0.3, 0.4) is 0 Å². The van der Waals surface area contributed by atoms with Crippen molar-refractivity contribution in [1.82, 2.24) is 19.7 Å². The van der Waals surface area contributed by atoms with E-state index in [4.69, 9.17) is 0 Å². The molecular weight excluding hydrogens is 172 g/mol. The van der Waals surface area contributed by atoms with Crippen molar-refractivity contribution in [3.8, 4) is 0 Å². The summed E-state index contributed by atoms with van der Waals surface area (Å²) < 4.78 is 0.455. The standard InChI is InChI=1S/C7H6N4O2/c1-4-10-6-5(7(12)11(4)13)8-2-3-9-6/h2-3,13H,1H3. The molecule has 6 nitrogen and oxygen atoms in total. The minimum Gasteiger partial charge on any atom is -0.424 e. The van der Waals surface area contributed by atoms with Crippen LogP contribution in [0.5, 0.6) is 0 Å². The van der Waals surface area contributed by atoms with Gasteiger partial charge in [-0.15, -0.1) is 4.73 Å². The van der Waals surface area contributed by atoms with Crippen LogP contribution < -0.4 is 5.56 Å². The third-order valence-electron chi connectivity index (χ3n) is 1.65. The second-order valence-electron chi connectivity index (χ2n) is 2.50. The van der Waals surface area contributed by atoms with Crippen LogP contribution in [0.15, 0.2) is 17.2 Å². The van der Waals surface area contributed by atoms with E-state index in [1.165, 1.54) is 19.3 Å². The third-order valence-corrected chi connectivity index (χ3v) is 1.65. The topological polar surface area (TPSA) is 80.9 Å². The first-order valence-corrected chi connectivity index (χ1v) is 3.60. The first kappa shape index (κ1) is 7.66. The fourth-order valence-electron chi connectivity index (χ4n) is 1.01. The average molecular weight is 178 g/mol. The maximum Gasteiger partial charge on any atom is 0.314 e. The van der Waals surface area contributed by atoms with Crippen molar-refractivity contribution in [2.45, 2.75) is 6.92 Å². The molecule has 2 aromatic rings. The summed E-state index contributed by atoms with van der Waals surface area (Å²) in [4.78, 5) is 22.8. The van der Waals surface area contributed by atoms with Gasteiger partial charge in [0.2, 0.25) is 0 Å². The number of hydrogen-bond acceptors (Lipinski definition) is 5. The molecule has 0 aliphatic rings. The minimum atomic E-state index is -0.601. The molecule has 0 atom stereocenters. The van der Waals surface area contributed by atoms with Crippen molar-refractivity contribution < 1.29 is 5.21 Å². The Morgan fingerprint density at radius 3 is 2.85 bits per heavy atom. The largest absolute Gasteiger partial charge is 0.424 e. The van der Waals surface area contributed by atoms with E-state index in [-0.39, 0.29) is 17.0 Å². The third kappa shape index (κ3) is 1.03. The lowest BCUT2D eigenvalue weighted by atomic mass is 10.5. The molecule has 0 bridgehead atoms. The van der Waals surface area contributed by atoms with Gasteiger partial charge in [0.1, 0.15) is 5.82 Å². The first-order chi connectivity index (χ1) is 6.20. The Labute approximate surface area is 72.5 Å². The van der Waals surface area contributed by atoms with E-state index in [0.29, 0.717) is 4.73 Å². The zero-order valence-electron chi connectivity index (χ0n) is 6.80. The zero-order chi connectivity index (χ0) is 9.42. The van der Waals surface area contributed by atoms with Crippen LogP contribution in [-0.4, -0.2) is 24.9 Å². The Morgan fingerprint density at radius 2 is 2.08 bits per heavy atom. The molecule has 13 heavy (non-hydrogen) atoms. The zero-order valence-corrected chi connectivity index (χ0v) is 6.80. The average Bonchev–Trinajstić information content (AvgIpc) is 2.15. The molecule has 1 N–H and O–H groups in total. The molecule has 2 heterocycles. The van der Waals surface area contributed by atoms with E-state index in [1.54, 1.807) is 0 Å². The van der Waals surface area contributed by atoms with Gasteiger partial charge in [-0.3, -0.25) is 4.79 Å². The van der Waals surface area contributed by atoms with Gasteiger partial charge in [-0.05, 0) is 6.92 Å². The molecule has 0 aromatic carbocycles. The van der Waals surface area contributed by atoms with Crippen LogP contribution in [0.4, 0.5) is 0 Å². The molecule has 0 saturated carbocycles. The molecule has 2 rings (SSSR count). The van der Waals surface area contributed by atoms with Crippen LogP contribution in [-0.2, 0) is 0 Å². The lowest BCUT2D eigenvalue weighted by Crippen LogP contribution is -2.22. The summed E-state index contributed by atoms with van der Waals surface area (Å²) in [6.07, 6.45) is 2.82. The smallest absolute Gasteiger partial charge is 0.314 e. The normalized spacial score (nSPS) is 10.5. The molecule has 0 amide bonds. The monoisotopic (exact) mass is 178 g/mol. The molecule has 66 valence electrons. The van der Waals surface area contributed by atoms with E-state index in [9.17, 15) is 10.0 Å². The molecule has 2 aromatic heterocycles. The minimum absolute atomic E-state index is 0.0654. The van der Waals surface area contributed by atoms with Crippen molar-refractivity contribution >= 4 is 11.2 Å². The van der Waals surface area contributed by atoms with E-state index in [2.05, 4.69) is 15.0 Å². The molecule has 6 heteroatoms. The lowest BCUT2D eigenvalue weighted by molar-refractivity contribution is 0.165. The Morgan fingerprint density at radius 1 is 1.38 bits per heavy atom. The quantitative estimate of drug-likeness (QED) is 0.562. The SMILES string of the molecule is Cc1nc2nccnc2c(=O)n1O. The van der Waals surface area contributed by atoms with Gasteiger partial charge in [0.25, 0.3) is 0 Å². The van der Waals surface area contributed by atoms with Crippen molar-refractivity contribution in [1.29, 1.82) is 0 Å². The number of nitrogens with zero attached hydrogens (tertiary/aromatic N) is 4. The second kappa shape index (κ2) is 2.51. The number of aryl methyl sites for hydroxylation is 1. The number of aromatic nitrogens is 4. The maximum atomic E-state index is 11.3. The predicted molar refractivity (Wildman–Crippen MR) is 43.5 cm³/mol. The molecular formula is C7H6N4O2. The van der Waals surface area contributed by atoms with Crippen molar-refractivity contribution in [2.75, 3.05) is 0 Å². The van der Waals surface area contributed by atoms with Crippen LogP contribution in [0.1, 0.15) is 5.82 Å². The summed E-state index contributed by atoms with van der Waals surface area (Å²) in [5.74, 6) is 0.193. The summed E-state index contributed by atoms with van der Waals surface area (Å²) in [5.41, 5.74) is -0.290. The van der Waals surface area contributed by atoms with Crippen LogP contribution in [0.2, 0.25) is 0 Å². The van der Waals surface area contributed by atoms with Gasteiger partial charge in [-0.1, -0.05) is 0 Å². The summed E-state index contributed by atoms with van der Waals surface area (Å²) in [5, 5.41) is 9.18. The van der Waals surface area contributed by atoms with Gasteiger partial charge in [-0.2, -0.15) is 0 Å². The predicted octanol–water partition coefficient (Wildman–Crippen LogP) is -0.268. The van der Waals surface area contributed by atoms with Gasteiger partial charge in [0.15, 0.2) is 11.2 Å². The summed E-state index contributed by atoms with van der Waals surface area (Å²) in [7, 11) is 0. The number of hydrogen-bond donors (Lipinski definition) is 1. The molecule has 0 radical (unpaired) electrons. The molecule has 0 aliphatic heterocycles. The fraction of sp³-hybridized carbons (Fsp3) is 0.143. The Balaban J connectivity index is 3.03. The Hall–Kier alpha value is -1.98. The molecule has 0 unspecified atom stereocenters. The molecule has 0 saturated heterocycles. The molecule has 0 spiro atoms. The van der Waals surface area contributed by atoms with Crippen LogP contribution >= 0.6 is 0 Å². The highest BCUT2D eigenvalue weighted by atomic mass is 16.5. The second-order valence-corrected chi connectivity index (χ2v) is 2.50. The van der Waals surface area contributed by atoms with Gasteiger partial charge < -0.3 is 5.21 Å². The number of rotatable bonds is 0. The van der Waals surface area contributed by atoms with Crippen molar-refractivity contribution in [2.24, 2.45) is 0 Å². The fourth-order valence-corrected chi connectivity index (χ4v) is 1.01. The van der Waals surface area contributed by atoms with Gasteiger partial charge in [0.05, 0.1) is 0 Å². The van der Waals surface area contributed by atoms with E-state index in [0.717, 1.165) is 0 Å². The van der Waals surface area contributed by atoms with Crippen molar-refractivity contribution in [3.63, 3.8) is 0 Å². The molecule has 0 fully saturated rings. The van der Waals surface area contributed by atoms with E-state index < -0.39 is 5.56 Å². The molecule has 0 aliphatic carbocycles. The van der Waals surface area contributed by atoms with E-state index >= 15 is 0 Å². The summed E-state index contributed by atoms with van der Waals surface area (Å²) in [6.45, 7) is 1.51. The van der Waals surface area contributed by atoms with E-state index in [1.807, 2.05) is 0 Å². The van der Waals surface area contributed by atoms with Crippen LogP contribution in [0, 0.1) is 6.92 Å². The Bertz CT molecular complexity index is 519. The lowest BCUT2D eigenvalue weighted by Gasteiger charge is -2.00. The Kier molecular flexibility index (Phi) is 1.48. The van der Waals surface area contributed by atoms with Gasteiger partial charge in [0, 0.05) is 12.4 Å². The first-order valence-electron chi connectivity index (χ1n) is 3.60. The highest BCUT2D eigenvalue weighted by molar-refractivity contribution is 5.67. The maximum absolute atomic E-state index is 11.3. The summed E-state index contributed by atoms with van der Waals surface area (Å²) >= 11 is 0. The van der Waals surface area contributed by atoms with Crippen molar-refractivity contribution in [3.05, 3.63) is 28.6 Å². The summed E-state index contributed by atoms with van der Waals surface area (Å²) in [6, 6.07) is 0. The number of fused-ring (bicyclic) bond motifs is 1. The van der Waals surface area contributed by atoms with Gasteiger partial charge in [-0.25, -0.2) is 15.0 Å². The highest BCUT2D eigenvalue weighted by Crippen LogP contribution is 1.98. The van der Waals surface area contributed by atoms with Crippen LogP contribution in [0.25, 0.3) is 11.2 Å². The highest BCUT2D eigenvalue weighted by Gasteiger charge is 2.07.